The second kappa shape index (κ2) is 10.1. The summed E-state index contributed by atoms with van der Waals surface area (Å²) in [5, 5.41) is 5.74. The Balaban J connectivity index is 2.53. The van der Waals surface area contributed by atoms with Crippen LogP contribution in [-0.4, -0.2) is 43.7 Å². The highest BCUT2D eigenvalue weighted by Gasteiger charge is 2.15. The summed E-state index contributed by atoms with van der Waals surface area (Å²) in [6, 6.07) is 7.79. The molecular formula is C17H26N3O2S+. The summed E-state index contributed by atoms with van der Waals surface area (Å²) in [7, 11) is 1.83. The molecule has 1 aromatic rings. The molecule has 0 saturated heterocycles. The van der Waals surface area contributed by atoms with Gasteiger partial charge in [0.1, 0.15) is 0 Å². The summed E-state index contributed by atoms with van der Waals surface area (Å²) in [6.45, 7) is 8.05. The molecule has 0 bridgehead atoms. The number of rotatable bonds is 9. The van der Waals surface area contributed by atoms with Gasteiger partial charge < -0.3 is 15.5 Å². The maximum Gasteiger partial charge on any atom is 0.279 e. The fourth-order valence-corrected chi connectivity index (χ4v) is 2.77. The molecule has 2 amide bonds. The molecule has 0 saturated carbocycles. The molecule has 1 atom stereocenters. The predicted octanol–water partition coefficient (Wildman–Crippen LogP) is 0.943. The summed E-state index contributed by atoms with van der Waals surface area (Å²) >= 11 is 1.62. The molecule has 1 aromatic carbocycles. The zero-order chi connectivity index (χ0) is 17.2. The minimum Gasteiger partial charge on any atom is -0.349 e. The molecule has 126 valence electrons. The van der Waals surface area contributed by atoms with Gasteiger partial charge >= 0.3 is 0 Å². The number of hydrogen-bond acceptors (Lipinski definition) is 3. The van der Waals surface area contributed by atoms with E-state index in [0.717, 1.165) is 21.2 Å². The van der Waals surface area contributed by atoms with Gasteiger partial charge in [0.25, 0.3) is 11.8 Å². The Morgan fingerprint density at radius 3 is 2.57 bits per heavy atom. The van der Waals surface area contributed by atoms with E-state index >= 15 is 0 Å². The van der Waals surface area contributed by atoms with Crippen LogP contribution in [0.3, 0.4) is 0 Å². The molecule has 1 rings (SSSR count). The van der Waals surface area contributed by atoms with Crippen molar-refractivity contribution in [2.24, 2.45) is 0 Å². The van der Waals surface area contributed by atoms with Crippen LogP contribution in [0, 0.1) is 0 Å². The third-order valence-corrected chi connectivity index (χ3v) is 3.96. The first-order valence-electron chi connectivity index (χ1n) is 7.65. The Morgan fingerprint density at radius 1 is 1.26 bits per heavy atom. The zero-order valence-corrected chi connectivity index (χ0v) is 14.8. The Morgan fingerprint density at radius 2 is 1.91 bits per heavy atom. The van der Waals surface area contributed by atoms with Gasteiger partial charge in [0.15, 0.2) is 13.1 Å². The average molecular weight is 336 g/mol. The summed E-state index contributed by atoms with van der Waals surface area (Å²) < 4.78 is 0. The smallest absolute Gasteiger partial charge is 0.279 e. The van der Waals surface area contributed by atoms with Gasteiger partial charge in [-0.1, -0.05) is 18.2 Å². The lowest BCUT2D eigenvalue weighted by Crippen LogP contribution is -3.11. The van der Waals surface area contributed by atoms with Gasteiger partial charge in [-0.3, -0.25) is 9.59 Å². The van der Waals surface area contributed by atoms with E-state index in [1.165, 1.54) is 0 Å². The van der Waals surface area contributed by atoms with Crippen molar-refractivity contribution in [3.05, 3.63) is 36.9 Å². The first-order valence-corrected chi connectivity index (χ1v) is 8.64. The van der Waals surface area contributed by atoms with E-state index in [2.05, 4.69) is 17.2 Å². The van der Waals surface area contributed by atoms with Gasteiger partial charge in [0.05, 0.1) is 12.7 Å². The number of benzene rings is 1. The van der Waals surface area contributed by atoms with Crippen LogP contribution in [0.4, 0.5) is 5.69 Å². The molecule has 0 aliphatic heterocycles. The summed E-state index contributed by atoms with van der Waals surface area (Å²) in [5.41, 5.74) is 0.795. The van der Waals surface area contributed by atoms with Crippen molar-refractivity contribution in [2.45, 2.75) is 24.8 Å². The number of nitrogens with one attached hydrogen (secondary N) is 3. The van der Waals surface area contributed by atoms with Crippen molar-refractivity contribution in [3.63, 3.8) is 0 Å². The van der Waals surface area contributed by atoms with Gasteiger partial charge in [-0.25, -0.2) is 0 Å². The molecule has 0 fully saturated rings. The highest BCUT2D eigenvalue weighted by molar-refractivity contribution is 7.99. The summed E-state index contributed by atoms with van der Waals surface area (Å²) in [4.78, 5) is 25.7. The number of anilines is 1. The fourth-order valence-electron chi connectivity index (χ4n) is 2.02. The van der Waals surface area contributed by atoms with Crippen molar-refractivity contribution in [3.8, 4) is 0 Å². The Kier molecular flexibility index (Phi) is 8.43. The van der Waals surface area contributed by atoms with Crippen LogP contribution in [0.15, 0.2) is 41.8 Å². The molecule has 5 nitrogen and oxygen atoms in total. The number of quaternary nitrogens is 1. The third-order valence-electron chi connectivity index (χ3n) is 2.89. The average Bonchev–Trinajstić information content (AvgIpc) is 2.44. The zero-order valence-electron chi connectivity index (χ0n) is 14.0. The van der Waals surface area contributed by atoms with E-state index in [1.807, 2.05) is 51.2 Å². The Bertz CT molecular complexity index is 546. The third kappa shape index (κ3) is 7.85. The van der Waals surface area contributed by atoms with Gasteiger partial charge in [0.2, 0.25) is 0 Å². The lowest BCUT2D eigenvalue weighted by molar-refractivity contribution is -0.862. The minimum absolute atomic E-state index is 0.0489. The van der Waals surface area contributed by atoms with E-state index in [1.54, 1.807) is 11.8 Å². The summed E-state index contributed by atoms with van der Waals surface area (Å²) in [5.74, 6) is 0.631. The van der Waals surface area contributed by atoms with Crippen molar-refractivity contribution in [1.82, 2.24) is 5.32 Å². The number of likely N-dealkylation sites (N-methyl/N-ethyl adjacent to an activating group) is 1. The van der Waals surface area contributed by atoms with Crippen LogP contribution in [0.1, 0.15) is 13.8 Å². The van der Waals surface area contributed by atoms with Crippen LogP contribution >= 0.6 is 11.8 Å². The molecule has 3 N–H and O–H groups in total. The van der Waals surface area contributed by atoms with Gasteiger partial charge in [0, 0.05) is 16.7 Å². The fraction of sp³-hybridized carbons (Fsp3) is 0.412. The second-order valence-electron chi connectivity index (χ2n) is 5.68. The largest absolute Gasteiger partial charge is 0.349 e. The first-order chi connectivity index (χ1) is 10.9. The number of amides is 2. The quantitative estimate of drug-likeness (QED) is 0.465. The molecule has 0 heterocycles. The Hall–Kier alpha value is -1.79. The molecule has 0 spiro atoms. The highest BCUT2D eigenvalue weighted by atomic mass is 32.2. The van der Waals surface area contributed by atoms with E-state index in [9.17, 15) is 9.59 Å². The molecule has 0 aliphatic rings. The van der Waals surface area contributed by atoms with Crippen LogP contribution in [0.25, 0.3) is 0 Å². The van der Waals surface area contributed by atoms with Gasteiger partial charge in [-0.15, -0.1) is 18.3 Å². The highest BCUT2D eigenvalue weighted by Crippen LogP contribution is 2.26. The molecule has 0 aliphatic carbocycles. The minimum atomic E-state index is -0.105. The summed E-state index contributed by atoms with van der Waals surface area (Å²) in [6.07, 6.45) is 1.83. The topological polar surface area (TPSA) is 62.6 Å². The van der Waals surface area contributed by atoms with E-state index < -0.39 is 0 Å². The maximum atomic E-state index is 12.2. The van der Waals surface area contributed by atoms with Gasteiger partial charge in [-0.2, -0.15) is 0 Å². The van der Waals surface area contributed by atoms with Crippen molar-refractivity contribution < 1.29 is 14.5 Å². The predicted molar refractivity (Wildman–Crippen MR) is 95.9 cm³/mol. The van der Waals surface area contributed by atoms with E-state index in [0.29, 0.717) is 0 Å². The molecule has 23 heavy (non-hydrogen) atoms. The monoisotopic (exact) mass is 336 g/mol. The molecule has 0 aromatic heterocycles. The van der Waals surface area contributed by atoms with Gasteiger partial charge in [-0.05, 0) is 26.0 Å². The van der Waals surface area contributed by atoms with Crippen LogP contribution in [0.2, 0.25) is 0 Å². The lowest BCUT2D eigenvalue weighted by Gasteiger charge is -2.15. The van der Waals surface area contributed by atoms with Crippen molar-refractivity contribution >= 4 is 29.3 Å². The Labute approximate surface area is 142 Å². The second-order valence-corrected chi connectivity index (χ2v) is 6.74. The first kappa shape index (κ1) is 19.3. The van der Waals surface area contributed by atoms with Crippen LogP contribution in [0.5, 0.6) is 0 Å². The van der Waals surface area contributed by atoms with Crippen molar-refractivity contribution in [1.29, 1.82) is 0 Å². The van der Waals surface area contributed by atoms with Crippen molar-refractivity contribution in [2.75, 3.05) is 31.2 Å². The molecule has 6 heteroatoms. The standard InChI is InChI=1S/C17H25N3O2S/c1-5-10-23-15-9-7-6-8-14(15)19-17(22)12-20(4)11-16(21)18-13(2)3/h5-9,13H,1,10-12H2,2-4H3,(H,18,21)(H,19,22)/p+1. The molecule has 1 unspecified atom stereocenters. The number of carbonyl (C=O) groups excluding carboxylic acids is 2. The number of para-hydroxylation sites is 1. The normalized spacial score (nSPS) is 11.8. The van der Waals surface area contributed by atoms with Crippen LogP contribution in [-0.2, 0) is 9.59 Å². The van der Waals surface area contributed by atoms with E-state index in [-0.39, 0.29) is 30.9 Å². The number of hydrogen-bond donors (Lipinski definition) is 3. The molecular weight excluding hydrogens is 310 g/mol. The SMILES string of the molecule is C=CCSc1ccccc1NC(=O)C[NH+](C)CC(=O)NC(C)C. The van der Waals surface area contributed by atoms with E-state index in [4.69, 9.17) is 0 Å². The van der Waals surface area contributed by atoms with Crippen LogP contribution < -0.4 is 15.5 Å². The maximum absolute atomic E-state index is 12.2. The molecule has 0 radical (unpaired) electrons. The number of thioether (sulfide) groups is 1. The lowest BCUT2D eigenvalue weighted by atomic mass is 10.3. The number of carbonyl (C=O) groups is 2.